The minimum absolute atomic E-state index is 0.108. The first-order valence-electron chi connectivity index (χ1n) is 6.85. The minimum atomic E-state index is -0.853. The van der Waals surface area contributed by atoms with E-state index < -0.39 is 17.5 Å². The van der Waals surface area contributed by atoms with Crippen molar-refractivity contribution in [2.24, 2.45) is 0 Å². The first-order valence-corrected chi connectivity index (χ1v) is 7.22. The van der Waals surface area contributed by atoms with E-state index in [9.17, 15) is 13.6 Å². The largest absolute Gasteiger partial charge is 0.495 e. The van der Waals surface area contributed by atoms with E-state index in [0.717, 1.165) is 12.1 Å². The first-order chi connectivity index (χ1) is 11.4. The Labute approximate surface area is 142 Å². The Morgan fingerprint density at radius 1 is 1.08 bits per heavy atom. The van der Waals surface area contributed by atoms with E-state index in [1.165, 1.54) is 14.2 Å². The maximum absolute atomic E-state index is 13.5. The van der Waals surface area contributed by atoms with Crippen molar-refractivity contribution in [1.82, 2.24) is 0 Å². The molecule has 0 saturated carbocycles. The number of benzene rings is 2. The van der Waals surface area contributed by atoms with E-state index in [2.05, 4.69) is 10.6 Å². The standard InChI is InChI=1S/C16H15ClF2N2O3/c1-23-14-7-13(15(24-2)6-10(14)17)20-8-16(22)21-12-4-3-9(18)5-11(12)19/h3-7,20H,8H2,1-2H3,(H,21,22). The number of carbonyl (C=O) groups excluding carboxylic acids is 1. The molecule has 24 heavy (non-hydrogen) atoms. The van der Waals surface area contributed by atoms with Crippen LogP contribution in [0, 0.1) is 11.6 Å². The molecule has 0 aromatic heterocycles. The van der Waals surface area contributed by atoms with Gasteiger partial charge in [0.25, 0.3) is 0 Å². The number of rotatable bonds is 6. The Balaban J connectivity index is 2.06. The summed E-state index contributed by atoms with van der Waals surface area (Å²) in [6.45, 7) is -0.169. The third kappa shape index (κ3) is 4.26. The van der Waals surface area contributed by atoms with Gasteiger partial charge in [-0.05, 0) is 12.1 Å². The van der Waals surface area contributed by atoms with Crippen LogP contribution in [0.2, 0.25) is 5.02 Å². The smallest absolute Gasteiger partial charge is 0.243 e. The summed E-state index contributed by atoms with van der Waals surface area (Å²) in [6, 6.07) is 6.01. The summed E-state index contributed by atoms with van der Waals surface area (Å²) in [4.78, 5) is 11.9. The van der Waals surface area contributed by atoms with Crippen molar-refractivity contribution in [1.29, 1.82) is 0 Å². The van der Waals surface area contributed by atoms with Gasteiger partial charge in [-0.15, -0.1) is 0 Å². The van der Waals surface area contributed by atoms with Gasteiger partial charge < -0.3 is 20.1 Å². The van der Waals surface area contributed by atoms with Crippen LogP contribution in [0.3, 0.4) is 0 Å². The lowest BCUT2D eigenvalue weighted by molar-refractivity contribution is -0.114. The Morgan fingerprint density at radius 3 is 2.42 bits per heavy atom. The monoisotopic (exact) mass is 356 g/mol. The maximum atomic E-state index is 13.5. The highest BCUT2D eigenvalue weighted by molar-refractivity contribution is 6.32. The number of halogens is 3. The van der Waals surface area contributed by atoms with Gasteiger partial charge in [-0.3, -0.25) is 4.79 Å². The molecule has 0 heterocycles. The Kier molecular flexibility index (Phi) is 5.81. The second kappa shape index (κ2) is 7.83. The van der Waals surface area contributed by atoms with Crippen molar-refractivity contribution < 1.29 is 23.0 Å². The zero-order valence-electron chi connectivity index (χ0n) is 13.0. The normalized spacial score (nSPS) is 10.2. The number of ether oxygens (including phenoxy) is 2. The third-order valence-electron chi connectivity index (χ3n) is 3.12. The molecule has 1 amide bonds. The van der Waals surface area contributed by atoms with Crippen LogP contribution in [0.1, 0.15) is 0 Å². The highest BCUT2D eigenvalue weighted by atomic mass is 35.5. The van der Waals surface area contributed by atoms with Crippen LogP contribution in [-0.2, 0) is 4.79 Å². The zero-order chi connectivity index (χ0) is 17.7. The molecule has 0 radical (unpaired) electrons. The van der Waals surface area contributed by atoms with Crippen LogP contribution in [0.4, 0.5) is 20.2 Å². The summed E-state index contributed by atoms with van der Waals surface area (Å²) < 4.78 is 36.6. The molecule has 2 aromatic rings. The number of amides is 1. The second-order valence-electron chi connectivity index (χ2n) is 4.71. The summed E-state index contributed by atoms with van der Waals surface area (Å²) >= 11 is 6.00. The average molecular weight is 357 g/mol. The van der Waals surface area contributed by atoms with Gasteiger partial charge in [0.15, 0.2) is 0 Å². The molecule has 2 N–H and O–H groups in total. The molecule has 2 aromatic carbocycles. The van der Waals surface area contributed by atoms with Crippen LogP contribution >= 0.6 is 11.6 Å². The van der Waals surface area contributed by atoms with Crippen LogP contribution in [0.5, 0.6) is 11.5 Å². The van der Waals surface area contributed by atoms with Crippen LogP contribution in [0.15, 0.2) is 30.3 Å². The van der Waals surface area contributed by atoms with Crippen LogP contribution in [0.25, 0.3) is 0 Å². The molecule has 128 valence electrons. The van der Waals surface area contributed by atoms with Gasteiger partial charge in [0, 0.05) is 18.2 Å². The van der Waals surface area contributed by atoms with Crippen molar-refractivity contribution in [2.45, 2.75) is 0 Å². The summed E-state index contributed by atoms with van der Waals surface area (Å²) in [6.07, 6.45) is 0. The van der Waals surface area contributed by atoms with Crippen molar-refractivity contribution in [3.63, 3.8) is 0 Å². The van der Waals surface area contributed by atoms with Gasteiger partial charge >= 0.3 is 0 Å². The quantitative estimate of drug-likeness (QED) is 0.828. The van der Waals surface area contributed by atoms with Gasteiger partial charge in [-0.2, -0.15) is 0 Å². The molecular weight excluding hydrogens is 342 g/mol. The lowest BCUT2D eigenvalue weighted by Gasteiger charge is -2.14. The number of carbonyl (C=O) groups is 1. The molecule has 8 heteroatoms. The molecule has 0 atom stereocenters. The second-order valence-corrected chi connectivity index (χ2v) is 5.12. The fraction of sp³-hybridized carbons (Fsp3) is 0.188. The lowest BCUT2D eigenvalue weighted by atomic mass is 10.2. The minimum Gasteiger partial charge on any atom is -0.495 e. The SMILES string of the molecule is COc1cc(NCC(=O)Nc2ccc(F)cc2F)c(OC)cc1Cl. The number of methoxy groups -OCH3 is 2. The maximum Gasteiger partial charge on any atom is 0.243 e. The van der Waals surface area contributed by atoms with E-state index in [-0.39, 0.29) is 12.2 Å². The summed E-state index contributed by atoms with van der Waals surface area (Å²) in [5.41, 5.74) is 0.373. The third-order valence-corrected chi connectivity index (χ3v) is 3.41. The van der Waals surface area contributed by atoms with Gasteiger partial charge in [0.2, 0.25) is 5.91 Å². The summed E-state index contributed by atoms with van der Waals surface area (Å²) in [5.74, 6) is -1.27. The van der Waals surface area contributed by atoms with Crippen LogP contribution < -0.4 is 20.1 Å². The lowest BCUT2D eigenvalue weighted by Crippen LogP contribution is -2.22. The molecule has 0 saturated heterocycles. The molecule has 0 unspecified atom stereocenters. The zero-order valence-corrected chi connectivity index (χ0v) is 13.7. The molecule has 2 rings (SSSR count). The van der Waals surface area contributed by atoms with E-state index in [0.29, 0.717) is 28.3 Å². The molecule has 0 aliphatic carbocycles. The number of nitrogens with one attached hydrogen (secondary N) is 2. The predicted octanol–water partition coefficient (Wildman–Crippen LogP) is 3.69. The molecule has 5 nitrogen and oxygen atoms in total. The van der Waals surface area contributed by atoms with Crippen molar-refractivity contribution in [2.75, 3.05) is 31.4 Å². The summed E-state index contributed by atoms with van der Waals surface area (Å²) in [5, 5.41) is 5.55. The molecule has 0 spiro atoms. The number of hydrogen-bond donors (Lipinski definition) is 2. The highest BCUT2D eigenvalue weighted by Crippen LogP contribution is 2.35. The number of anilines is 2. The van der Waals surface area contributed by atoms with E-state index >= 15 is 0 Å². The highest BCUT2D eigenvalue weighted by Gasteiger charge is 2.12. The fourth-order valence-corrected chi connectivity index (χ4v) is 2.19. The van der Waals surface area contributed by atoms with Crippen LogP contribution in [-0.4, -0.2) is 26.7 Å². The van der Waals surface area contributed by atoms with E-state index in [1.54, 1.807) is 12.1 Å². The molecular formula is C16H15ClF2N2O3. The Morgan fingerprint density at radius 2 is 1.79 bits per heavy atom. The molecule has 0 fully saturated rings. The molecule has 0 aliphatic heterocycles. The van der Waals surface area contributed by atoms with Gasteiger partial charge in [0.05, 0.1) is 37.2 Å². The topological polar surface area (TPSA) is 59.6 Å². The molecule has 0 aliphatic rings. The van der Waals surface area contributed by atoms with Gasteiger partial charge in [0.1, 0.15) is 23.1 Å². The Hall–Kier alpha value is -2.54. The summed E-state index contributed by atoms with van der Waals surface area (Å²) in [7, 11) is 2.92. The average Bonchev–Trinajstić information content (AvgIpc) is 2.55. The predicted molar refractivity (Wildman–Crippen MR) is 88.0 cm³/mol. The van der Waals surface area contributed by atoms with Gasteiger partial charge in [-0.25, -0.2) is 8.78 Å². The van der Waals surface area contributed by atoms with E-state index in [4.69, 9.17) is 21.1 Å². The molecule has 0 bridgehead atoms. The van der Waals surface area contributed by atoms with Crippen molar-refractivity contribution in [3.8, 4) is 11.5 Å². The van der Waals surface area contributed by atoms with Gasteiger partial charge in [-0.1, -0.05) is 11.6 Å². The Bertz CT molecular complexity index is 756. The fourth-order valence-electron chi connectivity index (χ4n) is 1.96. The first kappa shape index (κ1) is 17.8. The van der Waals surface area contributed by atoms with E-state index in [1.807, 2.05) is 0 Å². The number of hydrogen-bond acceptors (Lipinski definition) is 4. The van der Waals surface area contributed by atoms with Crippen molar-refractivity contribution >= 4 is 28.9 Å². The van der Waals surface area contributed by atoms with Crippen molar-refractivity contribution in [3.05, 3.63) is 47.0 Å².